The molecule has 0 aromatic heterocycles. The highest BCUT2D eigenvalue weighted by Crippen LogP contribution is 2.35. The fourth-order valence-electron chi connectivity index (χ4n) is 2.16. The molecule has 0 amide bonds. The van der Waals surface area contributed by atoms with Crippen molar-refractivity contribution in [1.29, 1.82) is 0 Å². The lowest BCUT2D eigenvalue weighted by Gasteiger charge is -2.32. The van der Waals surface area contributed by atoms with Gasteiger partial charge in [0.05, 0.1) is 0 Å². The van der Waals surface area contributed by atoms with Gasteiger partial charge in [-0.25, -0.2) is 0 Å². The first-order chi connectivity index (χ1) is 9.95. The molecule has 0 aliphatic heterocycles. The number of hydrogen-bond acceptors (Lipinski definition) is 2. The van der Waals surface area contributed by atoms with Gasteiger partial charge < -0.3 is 4.74 Å². The predicted molar refractivity (Wildman–Crippen MR) is 86.4 cm³/mol. The van der Waals surface area contributed by atoms with Crippen molar-refractivity contribution < 1.29 is 9.53 Å². The van der Waals surface area contributed by atoms with Crippen LogP contribution in [0.4, 0.5) is 0 Å². The van der Waals surface area contributed by atoms with E-state index >= 15 is 0 Å². The van der Waals surface area contributed by atoms with E-state index in [-0.39, 0.29) is 0 Å². The van der Waals surface area contributed by atoms with Gasteiger partial charge in [0.1, 0.15) is 5.75 Å². The number of aldehydes is 1. The number of halogens is 2. The van der Waals surface area contributed by atoms with Crippen molar-refractivity contribution in [2.75, 3.05) is 0 Å². The van der Waals surface area contributed by atoms with Gasteiger partial charge in [-0.2, -0.15) is 0 Å². The minimum Gasteiger partial charge on any atom is -0.482 e. The van der Waals surface area contributed by atoms with Crippen molar-refractivity contribution in [2.24, 2.45) is 0 Å². The van der Waals surface area contributed by atoms with Gasteiger partial charge >= 0.3 is 0 Å². The lowest BCUT2D eigenvalue weighted by Crippen LogP contribution is -2.39. The molecule has 2 nitrogen and oxygen atoms in total. The van der Waals surface area contributed by atoms with E-state index in [1.807, 2.05) is 50.2 Å². The summed E-state index contributed by atoms with van der Waals surface area (Å²) in [6, 6.07) is 14.5. The molecular weight excluding hydrogens is 307 g/mol. The van der Waals surface area contributed by atoms with Crippen molar-refractivity contribution in [1.82, 2.24) is 0 Å². The molecule has 2 rings (SSSR count). The maximum absolute atomic E-state index is 11.5. The van der Waals surface area contributed by atoms with Gasteiger partial charge in [-0.05, 0) is 29.8 Å². The Balaban J connectivity index is 2.33. The van der Waals surface area contributed by atoms with E-state index in [1.165, 1.54) is 0 Å². The highest BCUT2D eigenvalue weighted by Gasteiger charge is 2.34. The lowest BCUT2D eigenvalue weighted by molar-refractivity contribution is -0.116. The maximum atomic E-state index is 11.5. The summed E-state index contributed by atoms with van der Waals surface area (Å²) in [5, 5.41) is 1.09. The van der Waals surface area contributed by atoms with Crippen LogP contribution in [0.2, 0.25) is 10.0 Å². The van der Waals surface area contributed by atoms with Crippen molar-refractivity contribution in [3.05, 3.63) is 64.1 Å². The summed E-state index contributed by atoms with van der Waals surface area (Å²) in [6.45, 7) is 3.84. The molecule has 0 bridgehead atoms. The van der Waals surface area contributed by atoms with Crippen molar-refractivity contribution in [3.8, 4) is 5.75 Å². The molecule has 0 aliphatic carbocycles. The number of ether oxygens (including phenoxy) is 1. The molecule has 21 heavy (non-hydrogen) atoms. The second-order valence-electron chi connectivity index (χ2n) is 5.33. The number of carbonyl (C=O) groups excluding carboxylic acids is 1. The standard InChI is InChI=1S/C17H16Cl2O2/c1-17(2,14-9-8-12(18)10-15(14)19)16(11-20)21-13-6-4-3-5-7-13/h3-11,16H,1-2H3. The smallest absolute Gasteiger partial charge is 0.163 e. The minimum absolute atomic E-state index is 0.524. The summed E-state index contributed by atoms with van der Waals surface area (Å²) in [5.41, 5.74) is 0.237. The molecule has 0 saturated carbocycles. The van der Waals surface area contributed by atoms with Crippen LogP contribution < -0.4 is 4.74 Å². The Morgan fingerprint density at radius 2 is 1.76 bits per heavy atom. The van der Waals surface area contributed by atoms with E-state index < -0.39 is 11.5 Å². The molecule has 0 N–H and O–H groups in total. The first kappa shape index (κ1) is 15.9. The summed E-state index contributed by atoms with van der Waals surface area (Å²) in [4.78, 5) is 11.5. The average molecular weight is 323 g/mol. The van der Waals surface area contributed by atoms with Crippen LogP contribution in [0.1, 0.15) is 19.4 Å². The van der Waals surface area contributed by atoms with Crippen LogP contribution in [0.25, 0.3) is 0 Å². The third-order valence-corrected chi connectivity index (χ3v) is 4.01. The molecule has 0 fully saturated rings. The number of benzene rings is 2. The third kappa shape index (κ3) is 3.58. The molecular formula is C17H16Cl2O2. The van der Waals surface area contributed by atoms with Gasteiger partial charge in [-0.3, -0.25) is 4.79 Å². The number of para-hydroxylation sites is 1. The van der Waals surface area contributed by atoms with Crippen molar-refractivity contribution in [2.45, 2.75) is 25.4 Å². The zero-order valence-electron chi connectivity index (χ0n) is 11.8. The minimum atomic E-state index is -0.654. The molecule has 2 aromatic carbocycles. The molecule has 0 radical (unpaired) electrons. The molecule has 0 heterocycles. The fourth-order valence-corrected chi connectivity index (χ4v) is 2.81. The third-order valence-electron chi connectivity index (χ3n) is 3.47. The quantitative estimate of drug-likeness (QED) is 0.730. The topological polar surface area (TPSA) is 26.3 Å². The SMILES string of the molecule is CC(C)(c1ccc(Cl)cc1Cl)C(C=O)Oc1ccccc1. The largest absolute Gasteiger partial charge is 0.482 e. The van der Waals surface area contributed by atoms with Crippen LogP contribution in [0.5, 0.6) is 5.75 Å². The van der Waals surface area contributed by atoms with E-state index in [1.54, 1.807) is 12.1 Å². The Bertz CT molecular complexity index is 624. The zero-order valence-corrected chi connectivity index (χ0v) is 13.4. The number of hydrogen-bond donors (Lipinski definition) is 0. The van der Waals surface area contributed by atoms with Crippen LogP contribution in [0, 0.1) is 0 Å². The van der Waals surface area contributed by atoms with E-state index in [9.17, 15) is 4.79 Å². The molecule has 110 valence electrons. The Kier molecular flexibility index (Phi) is 4.92. The number of rotatable bonds is 5. The summed E-state index contributed by atoms with van der Waals surface area (Å²) in [5.74, 6) is 0.646. The fraction of sp³-hybridized carbons (Fsp3) is 0.235. The Hall–Kier alpha value is -1.51. The molecule has 0 spiro atoms. The number of carbonyl (C=O) groups is 1. The lowest BCUT2D eigenvalue weighted by atomic mass is 9.79. The molecule has 4 heteroatoms. The summed E-state index contributed by atoms with van der Waals surface area (Å²) in [6.07, 6.45) is 0.149. The maximum Gasteiger partial charge on any atom is 0.163 e. The van der Waals surface area contributed by atoms with Crippen LogP contribution in [0.15, 0.2) is 48.5 Å². The van der Waals surface area contributed by atoms with E-state index in [2.05, 4.69) is 0 Å². The second-order valence-corrected chi connectivity index (χ2v) is 6.18. The van der Waals surface area contributed by atoms with Crippen molar-refractivity contribution in [3.63, 3.8) is 0 Å². The van der Waals surface area contributed by atoms with E-state index in [0.717, 1.165) is 11.8 Å². The Labute approximate surface area is 134 Å². The summed E-state index contributed by atoms with van der Waals surface area (Å²) < 4.78 is 5.81. The van der Waals surface area contributed by atoms with Gasteiger partial charge in [-0.15, -0.1) is 0 Å². The van der Waals surface area contributed by atoms with Gasteiger partial charge in [0.25, 0.3) is 0 Å². The Morgan fingerprint density at radius 1 is 1.10 bits per heavy atom. The van der Waals surface area contributed by atoms with Gasteiger partial charge in [0.15, 0.2) is 12.4 Å². The van der Waals surface area contributed by atoms with Crippen LogP contribution in [0.3, 0.4) is 0 Å². The summed E-state index contributed by atoms with van der Waals surface area (Å²) in [7, 11) is 0. The molecule has 1 atom stereocenters. The van der Waals surface area contributed by atoms with Crippen LogP contribution >= 0.6 is 23.2 Å². The first-order valence-electron chi connectivity index (χ1n) is 6.57. The molecule has 0 saturated heterocycles. The molecule has 2 aromatic rings. The van der Waals surface area contributed by atoms with Crippen LogP contribution in [-0.2, 0) is 10.2 Å². The normalized spacial score (nSPS) is 12.8. The second kappa shape index (κ2) is 6.50. The van der Waals surface area contributed by atoms with Gasteiger partial charge in [0.2, 0.25) is 0 Å². The van der Waals surface area contributed by atoms with Gasteiger partial charge in [0, 0.05) is 15.5 Å². The highest BCUT2D eigenvalue weighted by molar-refractivity contribution is 6.35. The van der Waals surface area contributed by atoms with Crippen LogP contribution in [-0.4, -0.2) is 12.4 Å². The van der Waals surface area contributed by atoms with Crippen molar-refractivity contribution >= 4 is 29.5 Å². The van der Waals surface area contributed by atoms with E-state index in [0.29, 0.717) is 15.8 Å². The highest BCUT2D eigenvalue weighted by atomic mass is 35.5. The predicted octanol–water partition coefficient (Wildman–Crippen LogP) is 4.92. The average Bonchev–Trinajstić information content (AvgIpc) is 2.45. The molecule has 0 aliphatic rings. The zero-order chi connectivity index (χ0) is 15.5. The van der Waals surface area contributed by atoms with E-state index in [4.69, 9.17) is 27.9 Å². The van der Waals surface area contributed by atoms with Gasteiger partial charge in [-0.1, -0.05) is 61.3 Å². The summed E-state index contributed by atoms with van der Waals surface area (Å²) >= 11 is 12.2. The molecule has 1 unspecified atom stereocenters. The first-order valence-corrected chi connectivity index (χ1v) is 7.33. The monoisotopic (exact) mass is 322 g/mol. The Morgan fingerprint density at radius 3 is 2.33 bits per heavy atom.